The van der Waals surface area contributed by atoms with Crippen molar-refractivity contribution >= 4 is 17.8 Å². The van der Waals surface area contributed by atoms with Crippen LogP contribution < -0.4 is 11.1 Å². The van der Waals surface area contributed by atoms with Crippen molar-refractivity contribution < 1.29 is 23.9 Å². The van der Waals surface area contributed by atoms with E-state index in [1.807, 2.05) is 44.2 Å². The van der Waals surface area contributed by atoms with Crippen LogP contribution in [0.5, 0.6) is 0 Å². The molecule has 2 aliphatic heterocycles. The van der Waals surface area contributed by atoms with Crippen molar-refractivity contribution in [1.29, 1.82) is 0 Å². The van der Waals surface area contributed by atoms with Gasteiger partial charge in [0.15, 0.2) is 12.0 Å². The maximum absolute atomic E-state index is 12.9. The summed E-state index contributed by atoms with van der Waals surface area (Å²) in [5, 5.41) is 2.61. The van der Waals surface area contributed by atoms with Gasteiger partial charge >= 0.3 is 6.09 Å². The minimum Gasteiger partial charge on any atom is -0.445 e. The third-order valence-electron chi connectivity index (χ3n) is 4.74. The summed E-state index contributed by atoms with van der Waals surface area (Å²) >= 11 is 0. The van der Waals surface area contributed by atoms with Crippen LogP contribution in [0.25, 0.3) is 0 Å². The molecular formula is C19H25N3O5. The van der Waals surface area contributed by atoms with Crippen LogP contribution >= 0.6 is 0 Å². The molecule has 3 rings (SSSR count). The maximum atomic E-state index is 12.9. The number of rotatable bonds is 7. The molecule has 0 bridgehead atoms. The van der Waals surface area contributed by atoms with Gasteiger partial charge in [0.1, 0.15) is 18.7 Å². The summed E-state index contributed by atoms with van der Waals surface area (Å²) in [5.41, 5.74) is 6.63. The van der Waals surface area contributed by atoms with Gasteiger partial charge < -0.3 is 20.5 Å². The smallest absolute Gasteiger partial charge is 0.408 e. The van der Waals surface area contributed by atoms with Crippen molar-refractivity contribution in [2.75, 3.05) is 6.61 Å². The van der Waals surface area contributed by atoms with E-state index < -0.39 is 30.4 Å². The first-order chi connectivity index (χ1) is 12.9. The lowest BCUT2D eigenvalue weighted by molar-refractivity contribution is -0.177. The second kappa shape index (κ2) is 8.06. The molecular weight excluding hydrogens is 350 g/mol. The number of Topliss-reactive ketones (excluding diaryl/α,β-unsaturated/α-hetero) is 1. The summed E-state index contributed by atoms with van der Waals surface area (Å²) in [6.07, 6.45) is -1.43. The number of nitrogens with two attached hydrogens (primary N) is 1. The van der Waals surface area contributed by atoms with Crippen LogP contribution in [0.4, 0.5) is 4.79 Å². The highest BCUT2D eigenvalue weighted by atomic mass is 16.5. The van der Waals surface area contributed by atoms with Crippen LogP contribution in [0.1, 0.15) is 25.8 Å². The Bertz CT molecular complexity index is 709. The summed E-state index contributed by atoms with van der Waals surface area (Å²) in [7, 11) is 0. The van der Waals surface area contributed by atoms with Gasteiger partial charge in [-0.05, 0) is 17.9 Å². The number of hydrogen-bond donors (Lipinski definition) is 2. The third-order valence-corrected chi connectivity index (χ3v) is 4.74. The van der Waals surface area contributed by atoms with Gasteiger partial charge in [0, 0.05) is 0 Å². The summed E-state index contributed by atoms with van der Waals surface area (Å²) in [5.74, 6) is -1.48. The summed E-state index contributed by atoms with van der Waals surface area (Å²) in [6.45, 7) is 4.19. The van der Waals surface area contributed by atoms with Crippen LogP contribution in [0.3, 0.4) is 0 Å². The van der Waals surface area contributed by atoms with Gasteiger partial charge in [-0.25, -0.2) is 4.79 Å². The Balaban J connectivity index is 1.60. The molecule has 2 heterocycles. The van der Waals surface area contributed by atoms with Crippen LogP contribution in [0.15, 0.2) is 30.3 Å². The molecule has 3 N–H and O–H groups in total. The molecule has 8 heteroatoms. The summed E-state index contributed by atoms with van der Waals surface area (Å²) < 4.78 is 10.7. The van der Waals surface area contributed by atoms with E-state index in [0.29, 0.717) is 6.42 Å². The molecule has 0 aromatic heterocycles. The number of amides is 2. The lowest BCUT2D eigenvalue weighted by Crippen LogP contribution is -2.67. The zero-order valence-corrected chi connectivity index (χ0v) is 15.5. The lowest BCUT2D eigenvalue weighted by Gasteiger charge is -2.42. The number of benzene rings is 1. The van der Waals surface area contributed by atoms with E-state index in [9.17, 15) is 14.4 Å². The Kier molecular flexibility index (Phi) is 5.76. The molecule has 1 aromatic rings. The standard InChI is InChI=1S/C19H25N3O5/c1-11(2)8-13(21-19(25)27-9-12-6-4-3-5-7-12)16(23)15-17(24)22-14(20)10-26-18(15)22/h3-7,11,13-15,18H,8-10,20H2,1-2H3,(H,21,25)/t13-,14?,15-,18+/m0/s1. The third kappa shape index (κ3) is 4.12. The fraction of sp³-hybridized carbons (Fsp3) is 0.526. The normalized spacial score (nSPS) is 25.0. The Morgan fingerprint density at radius 3 is 2.70 bits per heavy atom. The van der Waals surface area contributed by atoms with E-state index in [2.05, 4.69) is 5.32 Å². The summed E-state index contributed by atoms with van der Waals surface area (Å²) in [6, 6.07) is 8.43. The number of ether oxygens (including phenoxy) is 2. The minimum absolute atomic E-state index is 0.103. The fourth-order valence-electron chi connectivity index (χ4n) is 3.40. The molecule has 1 unspecified atom stereocenters. The SMILES string of the molecule is CC(C)C[C@H](NC(=O)OCc1ccccc1)C(=O)[C@H]1C(=O)N2C(N)CO[C@H]12. The molecule has 1 aromatic carbocycles. The predicted octanol–water partition coefficient (Wildman–Crippen LogP) is 0.996. The van der Waals surface area contributed by atoms with E-state index in [4.69, 9.17) is 15.2 Å². The number of carbonyl (C=O) groups is 3. The number of carbonyl (C=O) groups excluding carboxylic acids is 3. The first-order valence-corrected chi connectivity index (χ1v) is 9.08. The number of ketones is 1. The van der Waals surface area contributed by atoms with Gasteiger partial charge in [0.2, 0.25) is 5.91 Å². The molecule has 27 heavy (non-hydrogen) atoms. The molecule has 2 saturated heterocycles. The molecule has 2 amide bonds. The Hall–Kier alpha value is -2.45. The first kappa shape index (κ1) is 19.3. The van der Waals surface area contributed by atoms with Gasteiger partial charge in [-0.3, -0.25) is 14.5 Å². The van der Waals surface area contributed by atoms with Crippen molar-refractivity contribution in [3.63, 3.8) is 0 Å². The lowest BCUT2D eigenvalue weighted by atomic mass is 9.85. The van der Waals surface area contributed by atoms with Crippen molar-refractivity contribution in [3.8, 4) is 0 Å². The van der Waals surface area contributed by atoms with Crippen LogP contribution in [0.2, 0.25) is 0 Å². The zero-order valence-electron chi connectivity index (χ0n) is 15.5. The Morgan fingerprint density at radius 1 is 1.33 bits per heavy atom. The number of nitrogens with one attached hydrogen (secondary N) is 1. The second-order valence-electron chi connectivity index (χ2n) is 7.30. The molecule has 0 spiro atoms. The average molecular weight is 375 g/mol. The molecule has 2 fully saturated rings. The molecule has 4 atom stereocenters. The van der Waals surface area contributed by atoms with Gasteiger partial charge in [-0.2, -0.15) is 0 Å². The van der Waals surface area contributed by atoms with Crippen molar-refractivity contribution in [3.05, 3.63) is 35.9 Å². The minimum atomic E-state index is -0.920. The first-order valence-electron chi connectivity index (χ1n) is 9.08. The van der Waals surface area contributed by atoms with Gasteiger partial charge in [0.25, 0.3) is 0 Å². The number of hydrogen-bond acceptors (Lipinski definition) is 6. The molecule has 0 radical (unpaired) electrons. The topological polar surface area (TPSA) is 111 Å². The average Bonchev–Trinajstić information content (AvgIpc) is 2.96. The van der Waals surface area contributed by atoms with E-state index >= 15 is 0 Å². The van der Waals surface area contributed by atoms with E-state index in [-0.39, 0.29) is 30.8 Å². The van der Waals surface area contributed by atoms with Gasteiger partial charge in [-0.15, -0.1) is 0 Å². The summed E-state index contributed by atoms with van der Waals surface area (Å²) in [4.78, 5) is 38.7. The Morgan fingerprint density at radius 2 is 2.04 bits per heavy atom. The largest absolute Gasteiger partial charge is 0.445 e. The highest BCUT2D eigenvalue weighted by Crippen LogP contribution is 2.35. The quantitative estimate of drug-likeness (QED) is 0.543. The molecule has 0 saturated carbocycles. The number of nitrogens with zero attached hydrogens (tertiary/aromatic N) is 1. The predicted molar refractivity (Wildman–Crippen MR) is 96.1 cm³/mol. The van der Waals surface area contributed by atoms with Crippen molar-refractivity contribution in [2.24, 2.45) is 17.6 Å². The zero-order chi connectivity index (χ0) is 19.6. The molecule has 0 aliphatic carbocycles. The molecule has 8 nitrogen and oxygen atoms in total. The van der Waals surface area contributed by atoms with Crippen LogP contribution in [-0.2, 0) is 25.7 Å². The van der Waals surface area contributed by atoms with Crippen LogP contribution in [-0.4, -0.2) is 47.7 Å². The highest BCUT2D eigenvalue weighted by Gasteiger charge is 2.58. The fourth-order valence-corrected chi connectivity index (χ4v) is 3.40. The maximum Gasteiger partial charge on any atom is 0.408 e. The van der Waals surface area contributed by atoms with Crippen molar-refractivity contribution in [2.45, 2.75) is 45.3 Å². The van der Waals surface area contributed by atoms with E-state index in [1.54, 1.807) is 0 Å². The number of β-lactam (4-membered cyclic amide) rings is 1. The van der Waals surface area contributed by atoms with Gasteiger partial charge in [-0.1, -0.05) is 44.2 Å². The highest BCUT2D eigenvalue weighted by molar-refractivity contribution is 6.09. The van der Waals surface area contributed by atoms with Crippen molar-refractivity contribution in [1.82, 2.24) is 10.2 Å². The van der Waals surface area contributed by atoms with Crippen LogP contribution in [0, 0.1) is 11.8 Å². The van der Waals surface area contributed by atoms with E-state index in [0.717, 1.165) is 5.56 Å². The molecule has 146 valence electrons. The van der Waals surface area contributed by atoms with E-state index in [1.165, 1.54) is 4.90 Å². The number of fused-ring (bicyclic) bond motifs is 1. The number of alkyl carbamates (subject to hydrolysis) is 1. The second-order valence-corrected chi connectivity index (χ2v) is 7.30. The Labute approximate surface area is 158 Å². The monoisotopic (exact) mass is 375 g/mol. The van der Waals surface area contributed by atoms with Gasteiger partial charge in [0.05, 0.1) is 12.6 Å². The molecule has 2 aliphatic rings.